The molecule has 0 radical (unpaired) electrons. The van der Waals surface area contributed by atoms with E-state index < -0.39 is 5.82 Å². The van der Waals surface area contributed by atoms with E-state index in [4.69, 9.17) is 14.6 Å². The number of aromatic nitrogens is 3. The van der Waals surface area contributed by atoms with Crippen molar-refractivity contribution < 1.29 is 18.7 Å². The van der Waals surface area contributed by atoms with Gasteiger partial charge in [-0.2, -0.15) is 5.10 Å². The average molecular weight is 439 g/mol. The highest BCUT2D eigenvalue weighted by molar-refractivity contribution is 7.21. The third kappa shape index (κ3) is 3.15. The fourth-order valence-corrected chi connectivity index (χ4v) is 4.62. The van der Waals surface area contributed by atoms with Gasteiger partial charge in [-0.15, -0.1) is 0 Å². The molecule has 0 saturated heterocycles. The van der Waals surface area contributed by atoms with Crippen molar-refractivity contribution >= 4 is 38.8 Å². The number of halogens is 1. The molecule has 0 unspecified atom stereocenters. The largest absolute Gasteiger partial charge is 0.492 e. The molecule has 1 amide bonds. The third-order valence-corrected chi connectivity index (χ3v) is 6.17. The molecule has 1 aliphatic rings. The molecule has 2 N–H and O–H groups in total. The SMILES string of the molecule is COc1cc2nccc(-c3nn4c(c3Nc3cccc(F)c3OC)C(=O)NCC4)c2s1. The lowest BCUT2D eigenvalue weighted by atomic mass is 10.1. The molecule has 1 aromatic carbocycles. The molecule has 0 fully saturated rings. The number of hydrogen-bond acceptors (Lipinski definition) is 7. The van der Waals surface area contributed by atoms with E-state index in [1.807, 2.05) is 12.1 Å². The summed E-state index contributed by atoms with van der Waals surface area (Å²) in [5.41, 5.74) is 3.37. The fraction of sp³-hybridized carbons (Fsp3) is 0.190. The van der Waals surface area contributed by atoms with Crippen LogP contribution in [0.4, 0.5) is 15.8 Å². The highest BCUT2D eigenvalue weighted by Gasteiger charge is 2.29. The summed E-state index contributed by atoms with van der Waals surface area (Å²) < 4.78 is 27.4. The number of carbonyl (C=O) groups excluding carboxylic acids is 1. The van der Waals surface area contributed by atoms with Gasteiger partial charge in [-0.1, -0.05) is 17.4 Å². The molecule has 10 heteroatoms. The van der Waals surface area contributed by atoms with Gasteiger partial charge in [0.25, 0.3) is 5.91 Å². The monoisotopic (exact) mass is 439 g/mol. The molecule has 158 valence electrons. The topological polar surface area (TPSA) is 90.3 Å². The quantitative estimate of drug-likeness (QED) is 0.492. The van der Waals surface area contributed by atoms with Gasteiger partial charge in [-0.05, 0) is 18.2 Å². The van der Waals surface area contributed by atoms with Crippen LogP contribution in [-0.2, 0) is 6.54 Å². The predicted molar refractivity (Wildman–Crippen MR) is 116 cm³/mol. The Morgan fingerprint density at radius 2 is 2.13 bits per heavy atom. The van der Waals surface area contributed by atoms with Gasteiger partial charge >= 0.3 is 0 Å². The second-order valence-electron chi connectivity index (χ2n) is 6.84. The van der Waals surface area contributed by atoms with Gasteiger partial charge in [0, 0.05) is 24.4 Å². The van der Waals surface area contributed by atoms with Crippen molar-refractivity contribution in [1.29, 1.82) is 0 Å². The number of hydrogen-bond donors (Lipinski definition) is 2. The molecular formula is C21H18FN5O3S. The molecule has 0 spiro atoms. The minimum Gasteiger partial charge on any atom is -0.492 e. The number of carbonyl (C=O) groups is 1. The number of pyridine rings is 1. The molecule has 8 nitrogen and oxygen atoms in total. The summed E-state index contributed by atoms with van der Waals surface area (Å²) in [7, 11) is 3.00. The van der Waals surface area contributed by atoms with E-state index in [0.717, 1.165) is 20.8 Å². The van der Waals surface area contributed by atoms with E-state index in [1.54, 1.807) is 30.1 Å². The Labute approximate surface area is 180 Å². The average Bonchev–Trinajstić information content (AvgIpc) is 3.36. The second kappa shape index (κ2) is 7.55. The summed E-state index contributed by atoms with van der Waals surface area (Å²) in [6.07, 6.45) is 1.69. The van der Waals surface area contributed by atoms with Crippen molar-refractivity contribution in [2.75, 3.05) is 26.1 Å². The molecule has 0 saturated carbocycles. The van der Waals surface area contributed by atoms with Gasteiger partial charge in [-0.25, -0.2) is 4.39 Å². The summed E-state index contributed by atoms with van der Waals surface area (Å²) >= 11 is 1.44. The first kappa shape index (κ1) is 19.3. The van der Waals surface area contributed by atoms with Gasteiger partial charge in [0.2, 0.25) is 0 Å². The maximum Gasteiger partial charge on any atom is 0.271 e. The highest BCUT2D eigenvalue weighted by Crippen LogP contribution is 2.42. The van der Waals surface area contributed by atoms with Gasteiger partial charge in [0.15, 0.2) is 16.6 Å². The zero-order valence-corrected chi connectivity index (χ0v) is 17.5. The van der Waals surface area contributed by atoms with E-state index in [-0.39, 0.29) is 11.7 Å². The standard InChI is InChI=1S/C21H18FN5O3S/c1-29-15-10-14-20(31-15)11(6-7-23-14)16-17(18-21(28)24-8-9-27(18)26-16)25-13-5-3-4-12(22)19(13)30-2/h3-7,10,25H,8-9H2,1-2H3,(H,24,28). The van der Waals surface area contributed by atoms with E-state index in [2.05, 4.69) is 15.6 Å². The summed E-state index contributed by atoms with van der Waals surface area (Å²) in [6, 6.07) is 8.28. The zero-order chi connectivity index (χ0) is 21.5. The van der Waals surface area contributed by atoms with Gasteiger partial charge in [0.05, 0.1) is 42.4 Å². The fourth-order valence-electron chi connectivity index (χ4n) is 3.67. The van der Waals surface area contributed by atoms with Crippen molar-refractivity contribution in [3.05, 3.63) is 48.0 Å². The number of nitrogens with one attached hydrogen (secondary N) is 2. The number of nitrogens with zero attached hydrogens (tertiary/aromatic N) is 3. The molecule has 1 aliphatic heterocycles. The Bertz CT molecular complexity index is 1320. The van der Waals surface area contributed by atoms with Crippen LogP contribution in [-0.4, -0.2) is 41.4 Å². The van der Waals surface area contributed by atoms with Crippen LogP contribution in [0, 0.1) is 5.82 Å². The minimum absolute atomic E-state index is 0.0577. The van der Waals surface area contributed by atoms with Crippen LogP contribution in [0.25, 0.3) is 21.5 Å². The number of anilines is 2. The molecule has 4 aromatic rings. The first-order valence-corrected chi connectivity index (χ1v) is 10.3. The first-order valence-electron chi connectivity index (χ1n) is 9.52. The predicted octanol–water partition coefficient (Wildman–Crippen LogP) is 3.80. The molecular weight excluding hydrogens is 421 g/mol. The Morgan fingerprint density at radius 1 is 1.26 bits per heavy atom. The highest BCUT2D eigenvalue weighted by atomic mass is 32.1. The van der Waals surface area contributed by atoms with Crippen LogP contribution < -0.4 is 20.1 Å². The number of amides is 1. The number of rotatable bonds is 5. The van der Waals surface area contributed by atoms with Crippen molar-refractivity contribution in [3.63, 3.8) is 0 Å². The number of para-hydroxylation sites is 1. The lowest BCUT2D eigenvalue weighted by Crippen LogP contribution is -2.35. The van der Waals surface area contributed by atoms with Crippen LogP contribution in [0.3, 0.4) is 0 Å². The molecule has 5 rings (SSSR count). The normalized spacial score (nSPS) is 13.1. The maximum atomic E-state index is 14.3. The Kier molecular flexibility index (Phi) is 4.70. The molecule has 4 heterocycles. The van der Waals surface area contributed by atoms with Gasteiger partial charge in [0.1, 0.15) is 11.4 Å². The first-order chi connectivity index (χ1) is 15.1. The Hall–Kier alpha value is -3.66. The van der Waals surface area contributed by atoms with E-state index in [0.29, 0.717) is 35.9 Å². The number of ether oxygens (including phenoxy) is 2. The Morgan fingerprint density at radius 3 is 2.94 bits per heavy atom. The van der Waals surface area contributed by atoms with Crippen molar-refractivity contribution in [2.45, 2.75) is 6.54 Å². The van der Waals surface area contributed by atoms with Crippen molar-refractivity contribution in [1.82, 2.24) is 20.1 Å². The van der Waals surface area contributed by atoms with Gasteiger partial charge < -0.3 is 20.1 Å². The second-order valence-corrected chi connectivity index (χ2v) is 7.85. The van der Waals surface area contributed by atoms with Gasteiger partial charge in [-0.3, -0.25) is 14.5 Å². The number of thiophene rings is 1. The van der Waals surface area contributed by atoms with E-state index >= 15 is 0 Å². The number of methoxy groups -OCH3 is 2. The van der Waals surface area contributed by atoms with Crippen LogP contribution in [0.2, 0.25) is 0 Å². The summed E-state index contributed by atoms with van der Waals surface area (Å²) in [6.45, 7) is 1.01. The van der Waals surface area contributed by atoms with Crippen molar-refractivity contribution in [2.24, 2.45) is 0 Å². The summed E-state index contributed by atoms with van der Waals surface area (Å²) in [5, 5.41) is 11.5. The zero-order valence-electron chi connectivity index (χ0n) is 16.7. The number of benzene rings is 1. The molecule has 3 aromatic heterocycles. The number of fused-ring (bicyclic) bond motifs is 2. The Balaban J connectivity index is 1.74. The lowest BCUT2D eigenvalue weighted by Gasteiger charge is -2.17. The lowest BCUT2D eigenvalue weighted by molar-refractivity contribution is 0.0925. The van der Waals surface area contributed by atoms with Crippen LogP contribution >= 0.6 is 11.3 Å². The van der Waals surface area contributed by atoms with E-state index in [9.17, 15) is 9.18 Å². The van der Waals surface area contributed by atoms with Crippen LogP contribution in [0.1, 0.15) is 10.5 Å². The van der Waals surface area contributed by atoms with Crippen molar-refractivity contribution in [3.8, 4) is 22.1 Å². The summed E-state index contributed by atoms with van der Waals surface area (Å²) in [5.74, 6) is -0.701. The maximum absolute atomic E-state index is 14.3. The molecule has 0 atom stereocenters. The smallest absolute Gasteiger partial charge is 0.271 e. The molecule has 0 bridgehead atoms. The molecule has 31 heavy (non-hydrogen) atoms. The van der Waals surface area contributed by atoms with E-state index in [1.165, 1.54) is 24.5 Å². The van der Waals surface area contributed by atoms with Crippen LogP contribution in [0.5, 0.6) is 10.8 Å². The molecule has 0 aliphatic carbocycles. The summed E-state index contributed by atoms with van der Waals surface area (Å²) in [4.78, 5) is 17.1. The van der Waals surface area contributed by atoms with Crippen LogP contribution in [0.15, 0.2) is 36.5 Å². The third-order valence-electron chi connectivity index (χ3n) is 5.05. The minimum atomic E-state index is -0.506.